The van der Waals surface area contributed by atoms with Crippen molar-refractivity contribution in [2.45, 2.75) is 18.9 Å². The molecule has 84 valence electrons. The molecule has 0 aromatic rings. The number of carbonyl (C=O) groups is 1. The van der Waals surface area contributed by atoms with Gasteiger partial charge in [0.2, 0.25) is 5.91 Å². The van der Waals surface area contributed by atoms with E-state index in [9.17, 15) is 9.90 Å². The summed E-state index contributed by atoms with van der Waals surface area (Å²) in [6, 6.07) is 2.03. The Labute approximate surface area is 89.2 Å². The molecule has 1 aliphatic carbocycles. The molecule has 1 atom stereocenters. The average Bonchev–Trinajstić information content (AvgIpc) is 2.97. The molecular formula is C10H16N2O3. The highest BCUT2D eigenvalue weighted by atomic mass is 16.5. The Hall–Kier alpha value is -1.12. The van der Waals surface area contributed by atoms with E-state index in [1.807, 2.05) is 6.07 Å². The first-order chi connectivity index (χ1) is 7.05. The molecule has 5 heteroatoms. The van der Waals surface area contributed by atoms with Crippen LogP contribution in [-0.2, 0) is 9.53 Å². The topological polar surface area (TPSA) is 73.6 Å². The van der Waals surface area contributed by atoms with Crippen LogP contribution in [0.25, 0.3) is 0 Å². The van der Waals surface area contributed by atoms with Gasteiger partial charge >= 0.3 is 0 Å². The summed E-state index contributed by atoms with van der Waals surface area (Å²) in [5, 5.41) is 18.3. The first-order valence-electron chi connectivity index (χ1n) is 4.89. The molecule has 0 aromatic carbocycles. The molecule has 1 saturated carbocycles. The van der Waals surface area contributed by atoms with Crippen molar-refractivity contribution >= 4 is 5.91 Å². The van der Waals surface area contributed by atoms with E-state index in [2.05, 4.69) is 0 Å². The Kier molecular flexibility index (Phi) is 3.66. The number of ether oxygens (including phenoxy) is 1. The zero-order chi connectivity index (χ0) is 11.5. The molecule has 1 rings (SSSR count). The van der Waals surface area contributed by atoms with Crippen LogP contribution >= 0.6 is 0 Å². The van der Waals surface area contributed by atoms with E-state index in [-0.39, 0.29) is 19.1 Å². The molecule has 15 heavy (non-hydrogen) atoms. The van der Waals surface area contributed by atoms with Gasteiger partial charge in [-0.3, -0.25) is 4.79 Å². The SMILES string of the molecule is COCC(O)CN(C)C(=O)C1(C#N)CC1. The molecule has 1 N–H and O–H groups in total. The maximum atomic E-state index is 11.7. The van der Waals surface area contributed by atoms with Gasteiger partial charge in [-0.25, -0.2) is 0 Å². The third-order valence-corrected chi connectivity index (χ3v) is 2.56. The Morgan fingerprint density at radius 1 is 1.73 bits per heavy atom. The minimum Gasteiger partial charge on any atom is -0.389 e. The van der Waals surface area contributed by atoms with E-state index in [4.69, 9.17) is 10.00 Å². The summed E-state index contributed by atoms with van der Waals surface area (Å²) in [7, 11) is 3.08. The highest BCUT2D eigenvalue weighted by molar-refractivity contribution is 5.88. The van der Waals surface area contributed by atoms with Crippen molar-refractivity contribution in [3.8, 4) is 6.07 Å². The fourth-order valence-electron chi connectivity index (χ4n) is 1.51. The van der Waals surface area contributed by atoms with E-state index in [0.717, 1.165) is 0 Å². The Bertz CT molecular complexity index is 281. The molecule has 0 saturated heterocycles. The molecule has 0 aliphatic heterocycles. The average molecular weight is 212 g/mol. The molecule has 5 nitrogen and oxygen atoms in total. The van der Waals surface area contributed by atoms with Crippen LogP contribution in [0.1, 0.15) is 12.8 Å². The molecule has 1 amide bonds. The summed E-state index contributed by atoms with van der Waals surface area (Å²) in [4.78, 5) is 13.2. The number of rotatable bonds is 5. The summed E-state index contributed by atoms with van der Waals surface area (Å²) < 4.78 is 4.76. The van der Waals surface area contributed by atoms with Gasteiger partial charge in [0.1, 0.15) is 5.41 Å². The first kappa shape index (κ1) is 12.0. The van der Waals surface area contributed by atoms with Gasteiger partial charge in [-0.2, -0.15) is 5.26 Å². The fraction of sp³-hybridized carbons (Fsp3) is 0.800. The van der Waals surface area contributed by atoms with Gasteiger partial charge < -0.3 is 14.7 Å². The quantitative estimate of drug-likeness (QED) is 0.682. The predicted molar refractivity (Wildman–Crippen MR) is 52.8 cm³/mol. The van der Waals surface area contributed by atoms with E-state index in [1.165, 1.54) is 12.0 Å². The number of likely N-dealkylation sites (N-methyl/N-ethyl adjacent to an activating group) is 1. The number of aliphatic hydroxyl groups is 1. The minimum absolute atomic E-state index is 0.192. The van der Waals surface area contributed by atoms with Crippen molar-refractivity contribution in [2.24, 2.45) is 5.41 Å². The van der Waals surface area contributed by atoms with Crippen molar-refractivity contribution in [1.29, 1.82) is 5.26 Å². The number of nitriles is 1. The number of nitrogens with zero attached hydrogens (tertiary/aromatic N) is 2. The van der Waals surface area contributed by atoms with E-state index in [0.29, 0.717) is 12.8 Å². The van der Waals surface area contributed by atoms with Crippen LogP contribution in [-0.4, -0.2) is 49.3 Å². The van der Waals surface area contributed by atoms with Crippen molar-refractivity contribution < 1.29 is 14.6 Å². The van der Waals surface area contributed by atoms with Crippen LogP contribution in [0.5, 0.6) is 0 Å². The summed E-state index contributed by atoms with van der Waals surface area (Å²) in [5.41, 5.74) is -0.804. The van der Waals surface area contributed by atoms with Gasteiger partial charge in [-0.1, -0.05) is 0 Å². The first-order valence-corrected chi connectivity index (χ1v) is 4.89. The van der Waals surface area contributed by atoms with Gasteiger partial charge in [0.25, 0.3) is 0 Å². The van der Waals surface area contributed by atoms with E-state index in [1.54, 1.807) is 7.05 Å². The molecule has 0 radical (unpaired) electrons. The second kappa shape index (κ2) is 4.60. The van der Waals surface area contributed by atoms with Crippen LogP contribution in [0.2, 0.25) is 0 Å². The molecule has 0 spiro atoms. The highest BCUT2D eigenvalue weighted by Crippen LogP contribution is 2.46. The number of methoxy groups -OCH3 is 1. The molecule has 0 aromatic heterocycles. The summed E-state index contributed by atoms with van der Waals surface area (Å²) >= 11 is 0. The zero-order valence-electron chi connectivity index (χ0n) is 9.06. The number of hydrogen-bond acceptors (Lipinski definition) is 4. The van der Waals surface area contributed by atoms with Crippen LogP contribution in [0, 0.1) is 16.7 Å². The molecule has 0 bridgehead atoms. The maximum Gasteiger partial charge on any atom is 0.242 e. The number of amides is 1. The largest absolute Gasteiger partial charge is 0.389 e. The summed E-state index contributed by atoms with van der Waals surface area (Å²) in [6.07, 6.45) is 0.568. The van der Waals surface area contributed by atoms with Gasteiger partial charge in [0.05, 0.1) is 18.8 Å². The van der Waals surface area contributed by atoms with Crippen LogP contribution in [0.15, 0.2) is 0 Å². The normalized spacial score (nSPS) is 19.1. The predicted octanol–water partition coefficient (Wildman–Crippen LogP) is -0.244. The maximum absolute atomic E-state index is 11.7. The molecular weight excluding hydrogens is 196 g/mol. The lowest BCUT2D eigenvalue weighted by molar-refractivity contribution is -0.135. The molecule has 1 aliphatic rings. The number of carbonyl (C=O) groups excluding carboxylic acids is 1. The monoisotopic (exact) mass is 212 g/mol. The van der Waals surface area contributed by atoms with Gasteiger partial charge in [0, 0.05) is 20.7 Å². The standard InChI is InChI=1S/C10H16N2O3/c1-12(5-8(13)6-15-2)9(14)10(7-11)3-4-10/h8,13H,3-6H2,1-2H3. The molecule has 1 unspecified atom stereocenters. The molecule has 1 fully saturated rings. The smallest absolute Gasteiger partial charge is 0.242 e. The van der Waals surface area contributed by atoms with Crippen molar-refractivity contribution in [1.82, 2.24) is 4.90 Å². The highest BCUT2D eigenvalue weighted by Gasteiger charge is 2.52. The second-order valence-corrected chi connectivity index (χ2v) is 3.99. The van der Waals surface area contributed by atoms with Gasteiger partial charge in [-0.15, -0.1) is 0 Å². The molecule has 0 heterocycles. The van der Waals surface area contributed by atoms with Crippen LogP contribution < -0.4 is 0 Å². The van der Waals surface area contributed by atoms with Crippen LogP contribution in [0.3, 0.4) is 0 Å². The Morgan fingerprint density at radius 3 is 2.73 bits per heavy atom. The third-order valence-electron chi connectivity index (χ3n) is 2.56. The lowest BCUT2D eigenvalue weighted by Gasteiger charge is -2.22. The van der Waals surface area contributed by atoms with Crippen molar-refractivity contribution in [2.75, 3.05) is 27.3 Å². The lowest BCUT2D eigenvalue weighted by Crippen LogP contribution is -2.40. The van der Waals surface area contributed by atoms with E-state index < -0.39 is 11.5 Å². The number of aliphatic hydroxyl groups excluding tert-OH is 1. The van der Waals surface area contributed by atoms with Gasteiger partial charge in [0.15, 0.2) is 0 Å². The van der Waals surface area contributed by atoms with Crippen molar-refractivity contribution in [3.05, 3.63) is 0 Å². The fourth-order valence-corrected chi connectivity index (χ4v) is 1.51. The van der Waals surface area contributed by atoms with Gasteiger partial charge in [-0.05, 0) is 12.8 Å². The number of hydrogen-bond donors (Lipinski definition) is 1. The van der Waals surface area contributed by atoms with E-state index >= 15 is 0 Å². The Morgan fingerprint density at radius 2 is 2.33 bits per heavy atom. The van der Waals surface area contributed by atoms with Crippen LogP contribution in [0.4, 0.5) is 0 Å². The zero-order valence-corrected chi connectivity index (χ0v) is 9.06. The minimum atomic E-state index is -0.804. The third kappa shape index (κ3) is 2.67. The lowest BCUT2D eigenvalue weighted by atomic mass is 10.1. The second-order valence-electron chi connectivity index (χ2n) is 3.99. The Balaban J connectivity index is 2.44. The van der Waals surface area contributed by atoms with Crippen molar-refractivity contribution in [3.63, 3.8) is 0 Å². The summed E-state index contributed by atoms with van der Waals surface area (Å²) in [6.45, 7) is 0.396. The summed E-state index contributed by atoms with van der Waals surface area (Å²) in [5.74, 6) is -0.194.